The Hall–Kier alpha value is -3.18. The number of benzene rings is 1. The number of halogens is 2. The van der Waals surface area contributed by atoms with E-state index in [0.717, 1.165) is 38.4 Å². The van der Waals surface area contributed by atoms with Gasteiger partial charge in [0.25, 0.3) is 0 Å². The van der Waals surface area contributed by atoms with Gasteiger partial charge in [-0.25, -0.2) is 9.37 Å². The van der Waals surface area contributed by atoms with Crippen LogP contribution in [-0.4, -0.2) is 83.9 Å². The Morgan fingerprint density at radius 1 is 1.14 bits per heavy atom. The largest absolute Gasteiger partial charge is 0.380 e. The van der Waals surface area contributed by atoms with Crippen molar-refractivity contribution >= 4 is 34.7 Å². The fraction of sp³-hybridized carbons (Fsp3) is 0.385. The highest BCUT2D eigenvalue weighted by Gasteiger charge is 2.26. The molecule has 0 unspecified atom stereocenters. The Kier molecular flexibility index (Phi) is 7.90. The number of nitrogens with zero attached hydrogens (tertiary/aromatic N) is 5. The van der Waals surface area contributed by atoms with Crippen LogP contribution in [0.2, 0.25) is 5.02 Å². The van der Waals surface area contributed by atoms with E-state index in [2.05, 4.69) is 42.7 Å². The molecular formula is C26H29ClFN7O2. The van der Waals surface area contributed by atoms with Gasteiger partial charge in [0.15, 0.2) is 0 Å². The quantitative estimate of drug-likeness (QED) is 0.459. The molecule has 5 rings (SSSR count). The van der Waals surface area contributed by atoms with E-state index in [9.17, 15) is 9.18 Å². The second-order valence-corrected chi connectivity index (χ2v) is 9.82. The third-order valence-corrected chi connectivity index (χ3v) is 6.84. The number of ether oxygens (including phenoxy) is 1. The molecule has 1 amide bonds. The van der Waals surface area contributed by atoms with Crippen LogP contribution in [0.25, 0.3) is 11.3 Å². The van der Waals surface area contributed by atoms with Gasteiger partial charge in [-0.1, -0.05) is 11.6 Å². The number of likely N-dealkylation sites (N-methyl/N-ethyl adjacent to an activating group) is 1. The monoisotopic (exact) mass is 525 g/mol. The maximum absolute atomic E-state index is 14.5. The van der Waals surface area contributed by atoms with E-state index in [0.29, 0.717) is 47.5 Å². The summed E-state index contributed by atoms with van der Waals surface area (Å²) in [5.74, 6) is 0.0175. The van der Waals surface area contributed by atoms with Crippen molar-refractivity contribution in [1.82, 2.24) is 25.0 Å². The molecule has 2 aliphatic heterocycles. The molecule has 37 heavy (non-hydrogen) atoms. The van der Waals surface area contributed by atoms with Crippen LogP contribution in [-0.2, 0) is 9.53 Å². The summed E-state index contributed by atoms with van der Waals surface area (Å²) in [6, 6.07) is 9.63. The summed E-state index contributed by atoms with van der Waals surface area (Å²) in [4.78, 5) is 21.4. The maximum Gasteiger partial charge on any atom is 0.226 e. The molecule has 2 N–H and O–H groups in total. The van der Waals surface area contributed by atoms with E-state index in [4.69, 9.17) is 16.3 Å². The van der Waals surface area contributed by atoms with Crippen LogP contribution in [0.15, 0.2) is 42.6 Å². The molecule has 1 aromatic carbocycles. The van der Waals surface area contributed by atoms with Gasteiger partial charge < -0.3 is 25.2 Å². The summed E-state index contributed by atoms with van der Waals surface area (Å²) in [7, 11) is 2.11. The van der Waals surface area contributed by atoms with E-state index < -0.39 is 5.82 Å². The van der Waals surface area contributed by atoms with Crippen molar-refractivity contribution in [2.75, 3.05) is 63.6 Å². The molecule has 0 radical (unpaired) electrons. The second kappa shape index (κ2) is 11.5. The van der Waals surface area contributed by atoms with Crippen LogP contribution >= 0.6 is 11.6 Å². The summed E-state index contributed by atoms with van der Waals surface area (Å²) in [6.07, 6.45) is 2.02. The number of rotatable bonds is 8. The van der Waals surface area contributed by atoms with Gasteiger partial charge in [-0.05, 0) is 37.4 Å². The lowest BCUT2D eigenvalue weighted by molar-refractivity contribution is -0.116. The number of hydrogen-bond acceptors (Lipinski definition) is 8. The lowest BCUT2D eigenvalue weighted by Gasteiger charge is -2.32. The fourth-order valence-corrected chi connectivity index (χ4v) is 4.46. The van der Waals surface area contributed by atoms with Crippen molar-refractivity contribution in [3.05, 3.63) is 59.1 Å². The molecule has 2 fully saturated rings. The molecule has 0 aliphatic carbocycles. The van der Waals surface area contributed by atoms with Gasteiger partial charge in [-0.15, -0.1) is 5.10 Å². The highest BCUT2D eigenvalue weighted by atomic mass is 35.5. The van der Waals surface area contributed by atoms with Crippen LogP contribution in [0, 0.1) is 5.82 Å². The third kappa shape index (κ3) is 6.40. The molecule has 0 bridgehead atoms. The molecule has 0 spiro atoms. The minimum absolute atomic E-state index is 0.0832. The van der Waals surface area contributed by atoms with E-state index in [1.54, 1.807) is 24.4 Å². The Bertz CT molecular complexity index is 1270. The van der Waals surface area contributed by atoms with Crippen LogP contribution in [0.5, 0.6) is 0 Å². The Balaban J connectivity index is 1.30. The normalized spacial score (nSPS) is 16.8. The molecule has 11 heteroatoms. The molecule has 2 saturated heterocycles. The van der Waals surface area contributed by atoms with Gasteiger partial charge in [0.1, 0.15) is 11.6 Å². The Morgan fingerprint density at radius 3 is 2.70 bits per heavy atom. The van der Waals surface area contributed by atoms with Crippen LogP contribution in [0.3, 0.4) is 0 Å². The Labute approximate surface area is 220 Å². The van der Waals surface area contributed by atoms with Crippen LogP contribution < -0.4 is 10.6 Å². The smallest absolute Gasteiger partial charge is 0.226 e. The third-order valence-electron chi connectivity index (χ3n) is 6.61. The number of carbonyl (C=O) groups excluding carboxylic acids is 1. The number of piperazine rings is 1. The first-order valence-corrected chi connectivity index (χ1v) is 12.7. The molecule has 0 saturated carbocycles. The first kappa shape index (κ1) is 25.5. The number of anilines is 3. The van der Waals surface area contributed by atoms with Crippen LogP contribution in [0.1, 0.15) is 18.0 Å². The Morgan fingerprint density at radius 2 is 1.95 bits per heavy atom. The summed E-state index contributed by atoms with van der Waals surface area (Å²) in [5, 5.41) is 15.3. The van der Waals surface area contributed by atoms with Gasteiger partial charge >= 0.3 is 0 Å². The SMILES string of the molecule is CN1CCN(CCC(=O)Nc2cc(Nc3cc(-c4cc(Cl)ccc4F)nnc3C3COC3)ccn2)CC1. The minimum atomic E-state index is -0.435. The molecule has 2 aromatic heterocycles. The summed E-state index contributed by atoms with van der Waals surface area (Å²) >= 11 is 6.09. The first-order chi connectivity index (χ1) is 17.9. The zero-order valence-corrected chi connectivity index (χ0v) is 21.3. The van der Waals surface area contributed by atoms with Gasteiger partial charge in [0, 0.05) is 67.7 Å². The molecule has 0 atom stereocenters. The van der Waals surface area contributed by atoms with E-state index >= 15 is 0 Å². The van der Waals surface area contributed by atoms with Crippen LogP contribution in [0.4, 0.5) is 21.6 Å². The second-order valence-electron chi connectivity index (χ2n) is 9.38. The molecular weight excluding hydrogens is 497 g/mol. The number of amides is 1. The molecule has 194 valence electrons. The van der Waals surface area contributed by atoms with E-state index in [-0.39, 0.29) is 17.4 Å². The van der Waals surface area contributed by atoms with Crippen molar-refractivity contribution in [2.24, 2.45) is 0 Å². The number of aromatic nitrogens is 3. The number of hydrogen-bond donors (Lipinski definition) is 2. The number of pyridine rings is 1. The first-order valence-electron chi connectivity index (χ1n) is 12.3. The average Bonchev–Trinajstić information content (AvgIpc) is 2.85. The summed E-state index contributed by atoms with van der Waals surface area (Å²) < 4.78 is 19.8. The zero-order valence-electron chi connectivity index (χ0n) is 20.6. The lowest BCUT2D eigenvalue weighted by atomic mass is 10.0. The van der Waals surface area contributed by atoms with Gasteiger partial charge in [0.05, 0.1) is 36.2 Å². The summed E-state index contributed by atoms with van der Waals surface area (Å²) in [5.41, 5.74) is 2.74. The number of carbonyl (C=O) groups is 1. The van der Waals surface area contributed by atoms with Gasteiger partial charge in [0.2, 0.25) is 5.91 Å². The van der Waals surface area contributed by atoms with Crippen molar-refractivity contribution in [2.45, 2.75) is 12.3 Å². The fourth-order valence-electron chi connectivity index (χ4n) is 4.29. The molecule has 2 aliphatic rings. The predicted octanol–water partition coefficient (Wildman–Crippen LogP) is 3.76. The van der Waals surface area contributed by atoms with E-state index in [1.165, 1.54) is 18.2 Å². The number of nitrogens with one attached hydrogen (secondary N) is 2. The molecule has 3 aromatic rings. The maximum atomic E-state index is 14.5. The highest BCUT2D eigenvalue weighted by Crippen LogP contribution is 2.34. The average molecular weight is 526 g/mol. The predicted molar refractivity (Wildman–Crippen MR) is 141 cm³/mol. The van der Waals surface area contributed by atoms with Gasteiger partial charge in [-0.2, -0.15) is 5.10 Å². The zero-order chi connectivity index (χ0) is 25.8. The van der Waals surface area contributed by atoms with Crippen molar-refractivity contribution < 1.29 is 13.9 Å². The molecule has 9 nitrogen and oxygen atoms in total. The van der Waals surface area contributed by atoms with E-state index in [1.807, 2.05) is 0 Å². The van der Waals surface area contributed by atoms with Crippen molar-refractivity contribution in [1.29, 1.82) is 0 Å². The molecule has 4 heterocycles. The lowest BCUT2D eigenvalue weighted by Crippen LogP contribution is -2.45. The summed E-state index contributed by atoms with van der Waals surface area (Å²) in [6.45, 7) is 5.77. The minimum Gasteiger partial charge on any atom is -0.380 e. The van der Waals surface area contributed by atoms with Crippen molar-refractivity contribution in [3.8, 4) is 11.3 Å². The van der Waals surface area contributed by atoms with Crippen molar-refractivity contribution in [3.63, 3.8) is 0 Å². The highest BCUT2D eigenvalue weighted by molar-refractivity contribution is 6.30. The topological polar surface area (TPSA) is 95.5 Å². The van der Waals surface area contributed by atoms with Gasteiger partial charge in [-0.3, -0.25) is 4.79 Å². The standard InChI is InChI=1S/C26H29ClFN7O2/c1-34-8-10-35(11-9-34)7-5-25(36)31-24-13-19(4-6-29-24)30-23-14-22(20-12-18(27)2-3-21(20)28)32-33-26(23)17-15-37-16-17/h2-4,6,12-14,17H,5,7-11,15-16H2,1H3,(H2,29,30,31,32,36).